The third-order valence-corrected chi connectivity index (χ3v) is 2.51. The Balaban J connectivity index is 2.58. The van der Waals surface area contributed by atoms with Crippen molar-refractivity contribution in [2.24, 2.45) is 7.05 Å². The van der Waals surface area contributed by atoms with Crippen LogP contribution in [0, 0.1) is 13.8 Å². The Kier molecular flexibility index (Phi) is 2.08. The second-order valence-corrected chi connectivity index (χ2v) is 3.38. The van der Waals surface area contributed by atoms with Gasteiger partial charge in [-0.05, 0) is 26.0 Å². The van der Waals surface area contributed by atoms with E-state index in [1.54, 1.807) is 6.20 Å². The molecule has 0 atom stereocenters. The van der Waals surface area contributed by atoms with Gasteiger partial charge in [-0.2, -0.15) is 0 Å². The molecule has 3 heteroatoms. The number of nitrogens with zero attached hydrogens (tertiary/aromatic N) is 3. The van der Waals surface area contributed by atoms with Crippen molar-refractivity contribution in [3.05, 3.63) is 35.8 Å². The van der Waals surface area contributed by atoms with E-state index in [1.165, 1.54) is 5.69 Å². The van der Waals surface area contributed by atoms with Crippen LogP contribution in [0.4, 0.5) is 0 Å². The van der Waals surface area contributed by atoms with Gasteiger partial charge in [0, 0.05) is 18.9 Å². The van der Waals surface area contributed by atoms with E-state index < -0.39 is 0 Å². The van der Waals surface area contributed by atoms with Gasteiger partial charge in [0.2, 0.25) is 0 Å². The third kappa shape index (κ3) is 1.31. The lowest BCUT2D eigenvalue weighted by molar-refractivity contribution is 0.876. The van der Waals surface area contributed by atoms with Gasteiger partial charge < -0.3 is 4.57 Å². The molecule has 0 amide bonds. The minimum absolute atomic E-state index is 0.922. The van der Waals surface area contributed by atoms with Gasteiger partial charge in [0.15, 0.2) is 5.82 Å². The first-order chi connectivity index (χ1) is 6.70. The van der Waals surface area contributed by atoms with Crippen molar-refractivity contribution in [1.82, 2.24) is 14.5 Å². The number of pyridine rings is 1. The molecule has 14 heavy (non-hydrogen) atoms. The quantitative estimate of drug-likeness (QED) is 0.684. The Morgan fingerprint density at radius 1 is 1.21 bits per heavy atom. The molecule has 2 aromatic rings. The lowest BCUT2D eigenvalue weighted by Crippen LogP contribution is -1.95. The summed E-state index contributed by atoms with van der Waals surface area (Å²) in [5.41, 5.74) is 3.17. The second kappa shape index (κ2) is 3.25. The van der Waals surface area contributed by atoms with E-state index in [1.807, 2.05) is 32.2 Å². The Hall–Kier alpha value is -1.64. The molecule has 2 rings (SSSR count). The van der Waals surface area contributed by atoms with Crippen LogP contribution in [0.1, 0.15) is 11.4 Å². The highest BCUT2D eigenvalue weighted by Gasteiger charge is 2.09. The van der Waals surface area contributed by atoms with E-state index in [4.69, 9.17) is 0 Å². The zero-order valence-corrected chi connectivity index (χ0v) is 8.65. The van der Waals surface area contributed by atoms with Gasteiger partial charge in [0.25, 0.3) is 0 Å². The average molecular weight is 187 g/mol. The van der Waals surface area contributed by atoms with E-state index in [0.717, 1.165) is 17.2 Å². The van der Waals surface area contributed by atoms with Gasteiger partial charge in [-0.25, -0.2) is 4.98 Å². The summed E-state index contributed by atoms with van der Waals surface area (Å²) in [7, 11) is 2.01. The Bertz CT molecular complexity index is 443. The molecule has 2 aromatic heterocycles. The molecule has 0 fully saturated rings. The van der Waals surface area contributed by atoms with Gasteiger partial charge in [-0.1, -0.05) is 6.07 Å². The monoisotopic (exact) mass is 187 g/mol. The maximum absolute atomic E-state index is 4.48. The molecule has 0 aliphatic carbocycles. The molecule has 0 saturated carbocycles. The maximum Gasteiger partial charge on any atom is 0.158 e. The maximum atomic E-state index is 4.48. The molecule has 0 bridgehead atoms. The van der Waals surface area contributed by atoms with Crippen molar-refractivity contribution in [3.63, 3.8) is 0 Å². The van der Waals surface area contributed by atoms with E-state index >= 15 is 0 Å². The van der Waals surface area contributed by atoms with Crippen LogP contribution in [-0.4, -0.2) is 14.5 Å². The fraction of sp³-hybridized carbons (Fsp3) is 0.273. The van der Waals surface area contributed by atoms with Crippen LogP contribution < -0.4 is 0 Å². The van der Waals surface area contributed by atoms with Crippen molar-refractivity contribution < 1.29 is 0 Å². The van der Waals surface area contributed by atoms with Gasteiger partial charge in [-0.15, -0.1) is 0 Å². The molecule has 0 saturated heterocycles. The number of hydrogen-bond acceptors (Lipinski definition) is 2. The van der Waals surface area contributed by atoms with Crippen LogP contribution in [0.2, 0.25) is 0 Å². The lowest BCUT2D eigenvalue weighted by atomic mass is 10.3. The molecule has 0 unspecified atom stereocenters. The largest absolute Gasteiger partial charge is 0.330 e. The van der Waals surface area contributed by atoms with Gasteiger partial charge >= 0.3 is 0 Å². The molecule has 0 aliphatic heterocycles. The summed E-state index contributed by atoms with van der Waals surface area (Å²) in [4.78, 5) is 8.76. The topological polar surface area (TPSA) is 30.7 Å². The molecule has 3 nitrogen and oxygen atoms in total. The molecular weight excluding hydrogens is 174 g/mol. The molecule has 0 aromatic carbocycles. The fourth-order valence-electron chi connectivity index (χ4n) is 1.44. The van der Waals surface area contributed by atoms with Crippen molar-refractivity contribution in [2.45, 2.75) is 13.8 Å². The smallest absolute Gasteiger partial charge is 0.158 e. The van der Waals surface area contributed by atoms with Crippen molar-refractivity contribution in [3.8, 4) is 11.5 Å². The third-order valence-electron chi connectivity index (χ3n) is 2.51. The van der Waals surface area contributed by atoms with Crippen LogP contribution in [0.25, 0.3) is 11.5 Å². The zero-order chi connectivity index (χ0) is 10.1. The molecular formula is C11H13N3. The van der Waals surface area contributed by atoms with E-state index in [9.17, 15) is 0 Å². The SMILES string of the molecule is Cc1nc(-c2ccccn2)n(C)c1C. The van der Waals surface area contributed by atoms with E-state index in [0.29, 0.717) is 0 Å². The van der Waals surface area contributed by atoms with Gasteiger partial charge in [-0.3, -0.25) is 4.98 Å². The van der Waals surface area contributed by atoms with E-state index in [2.05, 4.69) is 21.5 Å². The zero-order valence-electron chi connectivity index (χ0n) is 8.65. The number of imidazole rings is 1. The highest BCUT2D eigenvalue weighted by Crippen LogP contribution is 2.17. The Morgan fingerprint density at radius 2 is 2.00 bits per heavy atom. The number of rotatable bonds is 1. The highest BCUT2D eigenvalue weighted by atomic mass is 15.1. The molecule has 0 N–H and O–H groups in total. The molecule has 2 heterocycles. The molecule has 0 radical (unpaired) electrons. The normalized spacial score (nSPS) is 10.5. The van der Waals surface area contributed by atoms with Gasteiger partial charge in [0.05, 0.1) is 5.69 Å². The first-order valence-corrected chi connectivity index (χ1v) is 4.61. The first-order valence-electron chi connectivity index (χ1n) is 4.61. The number of aromatic nitrogens is 3. The Labute approximate surface area is 83.4 Å². The summed E-state index contributed by atoms with van der Waals surface area (Å²) in [6.45, 7) is 4.08. The number of aryl methyl sites for hydroxylation is 1. The van der Waals surface area contributed by atoms with Crippen molar-refractivity contribution in [1.29, 1.82) is 0 Å². The summed E-state index contributed by atoms with van der Waals surface area (Å²) < 4.78 is 2.07. The summed E-state index contributed by atoms with van der Waals surface area (Å²) in [5, 5.41) is 0. The summed E-state index contributed by atoms with van der Waals surface area (Å²) in [5.74, 6) is 0.931. The molecule has 0 spiro atoms. The van der Waals surface area contributed by atoms with E-state index in [-0.39, 0.29) is 0 Å². The first kappa shape index (κ1) is 8.94. The predicted octanol–water partition coefficient (Wildman–Crippen LogP) is 2.10. The highest BCUT2D eigenvalue weighted by molar-refractivity contribution is 5.51. The Morgan fingerprint density at radius 3 is 2.50 bits per heavy atom. The van der Waals surface area contributed by atoms with Gasteiger partial charge in [0.1, 0.15) is 5.69 Å². The average Bonchev–Trinajstić information content (AvgIpc) is 2.47. The van der Waals surface area contributed by atoms with Crippen molar-refractivity contribution in [2.75, 3.05) is 0 Å². The minimum atomic E-state index is 0.922. The minimum Gasteiger partial charge on any atom is -0.330 e. The van der Waals surface area contributed by atoms with Crippen LogP contribution >= 0.6 is 0 Å². The number of hydrogen-bond donors (Lipinski definition) is 0. The van der Waals surface area contributed by atoms with Crippen LogP contribution in [0.15, 0.2) is 24.4 Å². The fourth-order valence-corrected chi connectivity index (χ4v) is 1.44. The summed E-state index contributed by atoms with van der Waals surface area (Å²) >= 11 is 0. The summed E-state index contributed by atoms with van der Waals surface area (Å²) in [6.07, 6.45) is 1.79. The van der Waals surface area contributed by atoms with Crippen LogP contribution in [0.3, 0.4) is 0 Å². The van der Waals surface area contributed by atoms with Crippen LogP contribution in [0.5, 0.6) is 0 Å². The summed E-state index contributed by atoms with van der Waals surface area (Å²) in [6, 6.07) is 5.86. The van der Waals surface area contributed by atoms with Crippen LogP contribution in [-0.2, 0) is 7.05 Å². The van der Waals surface area contributed by atoms with Crippen molar-refractivity contribution >= 4 is 0 Å². The lowest BCUT2D eigenvalue weighted by Gasteiger charge is -2.01. The molecule has 72 valence electrons. The predicted molar refractivity (Wildman–Crippen MR) is 55.9 cm³/mol. The standard InChI is InChI=1S/C11H13N3/c1-8-9(2)14(3)11(13-8)10-6-4-5-7-12-10/h4-7H,1-3H3. The molecule has 0 aliphatic rings. The second-order valence-electron chi connectivity index (χ2n) is 3.38.